The lowest BCUT2D eigenvalue weighted by molar-refractivity contribution is -0.123. The van der Waals surface area contributed by atoms with E-state index in [0.29, 0.717) is 24.0 Å². The van der Waals surface area contributed by atoms with Crippen molar-refractivity contribution in [2.24, 2.45) is 0 Å². The number of amides is 1. The zero-order valence-corrected chi connectivity index (χ0v) is 14.9. The average molecular weight is 350 g/mol. The van der Waals surface area contributed by atoms with Gasteiger partial charge in [-0.15, -0.1) is 0 Å². The van der Waals surface area contributed by atoms with Crippen LogP contribution in [0, 0.1) is 0 Å². The van der Waals surface area contributed by atoms with E-state index in [2.05, 4.69) is 24.1 Å². The Morgan fingerprint density at radius 3 is 2.69 bits per heavy atom. The summed E-state index contributed by atoms with van der Waals surface area (Å²) in [6, 6.07) is 15.2. The van der Waals surface area contributed by atoms with Crippen LogP contribution in [0.3, 0.4) is 0 Å². The van der Waals surface area contributed by atoms with Crippen LogP contribution in [0.25, 0.3) is 11.5 Å². The number of furan rings is 1. The van der Waals surface area contributed by atoms with Gasteiger partial charge >= 0.3 is 0 Å². The van der Waals surface area contributed by atoms with Crippen LogP contribution in [0.4, 0.5) is 0 Å². The second-order valence-corrected chi connectivity index (χ2v) is 6.32. The maximum absolute atomic E-state index is 12.0. The summed E-state index contributed by atoms with van der Waals surface area (Å²) in [5.74, 6) is 1.69. The fourth-order valence-corrected chi connectivity index (χ4v) is 2.49. The molecular weight excluding hydrogens is 328 g/mol. The molecule has 0 radical (unpaired) electrons. The van der Waals surface area contributed by atoms with Crippen LogP contribution in [-0.2, 0) is 11.3 Å². The number of nitrogens with zero attached hydrogens (tertiary/aromatic N) is 1. The van der Waals surface area contributed by atoms with Gasteiger partial charge in [0, 0.05) is 12.7 Å². The Balaban J connectivity index is 1.49. The summed E-state index contributed by atoms with van der Waals surface area (Å²) in [6.45, 7) is 4.67. The second kappa shape index (κ2) is 8.34. The van der Waals surface area contributed by atoms with Gasteiger partial charge in [-0.2, -0.15) is 0 Å². The molecule has 0 spiro atoms. The van der Waals surface area contributed by atoms with Crippen molar-refractivity contribution in [2.75, 3.05) is 6.61 Å². The van der Waals surface area contributed by atoms with Crippen molar-refractivity contribution in [1.29, 1.82) is 0 Å². The molecule has 1 N–H and O–H groups in total. The number of carbonyl (C=O) groups is 1. The van der Waals surface area contributed by atoms with Crippen LogP contribution in [0.15, 0.2) is 65.4 Å². The van der Waals surface area contributed by atoms with Crippen molar-refractivity contribution in [3.05, 3.63) is 72.1 Å². The number of benzene rings is 1. The Hall–Kier alpha value is -3.08. The molecule has 5 heteroatoms. The number of carbonyl (C=O) groups excluding carboxylic acids is 1. The second-order valence-electron chi connectivity index (χ2n) is 6.32. The van der Waals surface area contributed by atoms with E-state index in [9.17, 15) is 4.79 Å². The van der Waals surface area contributed by atoms with Crippen LogP contribution in [-0.4, -0.2) is 17.5 Å². The Bertz CT molecular complexity index is 840. The SMILES string of the molecule is CC(C)c1ccc(OCC(=O)NCc2ccnc(-c3ccco3)c2)cc1. The Morgan fingerprint density at radius 2 is 2.00 bits per heavy atom. The van der Waals surface area contributed by atoms with E-state index in [1.54, 1.807) is 12.5 Å². The van der Waals surface area contributed by atoms with Gasteiger partial charge < -0.3 is 14.5 Å². The zero-order valence-electron chi connectivity index (χ0n) is 14.9. The van der Waals surface area contributed by atoms with E-state index < -0.39 is 0 Å². The van der Waals surface area contributed by atoms with Gasteiger partial charge in [0.25, 0.3) is 5.91 Å². The summed E-state index contributed by atoms with van der Waals surface area (Å²) in [7, 11) is 0. The maximum atomic E-state index is 12.0. The van der Waals surface area contributed by atoms with E-state index in [1.807, 2.05) is 48.5 Å². The highest BCUT2D eigenvalue weighted by Crippen LogP contribution is 2.19. The lowest BCUT2D eigenvalue weighted by Gasteiger charge is -2.10. The van der Waals surface area contributed by atoms with E-state index in [-0.39, 0.29) is 12.5 Å². The predicted molar refractivity (Wildman–Crippen MR) is 99.8 cm³/mol. The number of pyridine rings is 1. The van der Waals surface area contributed by atoms with Crippen molar-refractivity contribution in [3.8, 4) is 17.2 Å². The molecule has 0 saturated heterocycles. The summed E-state index contributed by atoms with van der Waals surface area (Å²) in [5, 5.41) is 2.85. The number of rotatable bonds is 7. The summed E-state index contributed by atoms with van der Waals surface area (Å²) >= 11 is 0. The molecule has 2 heterocycles. The van der Waals surface area contributed by atoms with Gasteiger partial charge in [0.2, 0.25) is 0 Å². The highest BCUT2D eigenvalue weighted by Gasteiger charge is 2.06. The predicted octanol–water partition coefficient (Wildman–Crippen LogP) is 4.16. The van der Waals surface area contributed by atoms with Gasteiger partial charge in [0.15, 0.2) is 12.4 Å². The number of ether oxygens (including phenoxy) is 1. The minimum atomic E-state index is -0.172. The molecule has 0 saturated carbocycles. The van der Waals surface area contributed by atoms with E-state index in [1.165, 1.54) is 5.56 Å². The van der Waals surface area contributed by atoms with E-state index >= 15 is 0 Å². The number of aromatic nitrogens is 1. The first-order chi connectivity index (χ1) is 12.6. The maximum Gasteiger partial charge on any atom is 0.258 e. The summed E-state index contributed by atoms with van der Waals surface area (Å²) in [6.07, 6.45) is 3.31. The van der Waals surface area contributed by atoms with Gasteiger partial charge in [0.05, 0.1) is 6.26 Å². The lowest BCUT2D eigenvalue weighted by atomic mass is 10.0. The highest BCUT2D eigenvalue weighted by atomic mass is 16.5. The zero-order chi connectivity index (χ0) is 18.4. The molecule has 5 nitrogen and oxygen atoms in total. The van der Waals surface area contributed by atoms with Gasteiger partial charge in [-0.1, -0.05) is 26.0 Å². The minimum Gasteiger partial charge on any atom is -0.484 e. The third kappa shape index (κ3) is 4.72. The third-order valence-corrected chi connectivity index (χ3v) is 4.00. The molecule has 3 aromatic rings. The molecule has 0 aliphatic rings. The minimum absolute atomic E-state index is 0.0167. The Labute approximate surface area is 153 Å². The highest BCUT2D eigenvalue weighted by molar-refractivity contribution is 5.77. The molecule has 0 aliphatic heterocycles. The van der Waals surface area contributed by atoms with Crippen molar-refractivity contribution in [2.45, 2.75) is 26.3 Å². The lowest BCUT2D eigenvalue weighted by Crippen LogP contribution is -2.28. The van der Waals surface area contributed by atoms with Crippen LogP contribution < -0.4 is 10.1 Å². The smallest absolute Gasteiger partial charge is 0.258 e. The Morgan fingerprint density at radius 1 is 1.19 bits per heavy atom. The van der Waals surface area contributed by atoms with Gasteiger partial charge in [-0.05, 0) is 53.4 Å². The van der Waals surface area contributed by atoms with Crippen molar-refractivity contribution in [3.63, 3.8) is 0 Å². The molecule has 0 aliphatic carbocycles. The number of hydrogen-bond donors (Lipinski definition) is 1. The molecule has 0 atom stereocenters. The third-order valence-electron chi connectivity index (χ3n) is 4.00. The quantitative estimate of drug-likeness (QED) is 0.695. The molecule has 134 valence electrons. The first kappa shape index (κ1) is 17.7. The van der Waals surface area contributed by atoms with Crippen LogP contribution in [0.1, 0.15) is 30.9 Å². The normalized spacial score (nSPS) is 10.7. The van der Waals surface area contributed by atoms with Crippen molar-refractivity contribution >= 4 is 5.91 Å². The first-order valence-electron chi connectivity index (χ1n) is 8.60. The fraction of sp³-hybridized carbons (Fsp3) is 0.238. The molecule has 1 amide bonds. The van der Waals surface area contributed by atoms with Crippen LogP contribution in [0.5, 0.6) is 5.75 Å². The van der Waals surface area contributed by atoms with Gasteiger partial charge in [-0.25, -0.2) is 0 Å². The molecule has 0 unspecified atom stereocenters. The van der Waals surface area contributed by atoms with Crippen LogP contribution >= 0.6 is 0 Å². The van der Waals surface area contributed by atoms with Crippen molar-refractivity contribution < 1.29 is 13.9 Å². The standard InChI is InChI=1S/C21H22N2O3/c1-15(2)17-5-7-18(8-6-17)26-14-21(24)23-13-16-9-10-22-19(12-16)20-4-3-11-25-20/h3-12,15H,13-14H2,1-2H3,(H,23,24). The van der Waals surface area contributed by atoms with E-state index in [0.717, 1.165) is 11.3 Å². The summed E-state index contributed by atoms with van der Waals surface area (Å²) < 4.78 is 10.9. The molecule has 0 bridgehead atoms. The average Bonchev–Trinajstić information content (AvgIpc) is 3.20. The Kier molecular flexibility index (Phi) is 5.69. The molecule has 3 rings (SSSR count). The molecule has 2 aromatic heterocycles. The number of nitrogens with one attached hydrogen (secondary N) is 1. The van der Waals surface area contributed by atoms with Gasteiger partial charge in [-0.3, -0.25) is 9.78 Å². The van der Waals surface area contributed by atoms with Gasteiger partial charge in [0.1, 0.15) is 11.4 Å². The largest absolute Gasteiger partial charge is 0.484 e. The summed E-state index contributed by atoms with van der Waals surface area (Å²) in [4.78, 5) is 16.3. The fourth-order valence-electron chi connectivity index (χ4n) is 2.49. The number of hydrogen-bond acceptors (Lipinski definition) is 4. The van der Waals surface area contributed by atoms with Crippen molar-refractivity contribution in [1.82, 2.24) is 10.3 Å². The monoisotopic (exact) mass is 350 g/mol. The molecule has 26 heavy (non-hydrogen) atoms. The topological polar surface area (TPSA) is 64.4 Å². The molecular formula is C21H22N2O3. The molecule has 0 fully saturated rings. The van der Waals surface area contributed by atoms with Crippen LogP contribution in [0.2, 0.25) is 0 Å². The summed E-state index contributed by atoms with van der Waals surface area (Å²) in [5.41, 5.74) is 2.93. The van der Waals surface area contributed by atoms with E-state index in [4.69, 9.17) is 9.15 Å². The first-order valence-corrected chi connectivity index (χ1v) is 8.60. The molecule has 1 aromatic carbocycles.